The van der Waals surface area contributed by atoms with Gasteiger partial charge in [-0.25, -0.2) is 19.4 Å². The summed E-state index contributed by atoms with van der Waals surface area (Å²) in [7, 11) is 0. The highest BCUT2D eigenvalue weighted by Crippen LogP contribution is 2.28. The fourth-order valence-electron chi connectivity index (χ4n) is 3.95. The molecule has 2 atom stereocenters. The standard InChI is InChI=1S/C28H43N3O8/c1-18-13-20(15-19-16-30(17-21(19)36-12-11-32)23(33)37-26(2,3)4)29-22(14-18)31(24(34)38-27(5,6)7)25(35)39-28(8,9)10/h11,13-14,19,21H,12,15-17H2,1-10H3/t19-,21+/m0/s1. The predicted molar refractivity (Wildman–Crippen MR) is 145 cm³/mol. The number of imide groups is 1. The molecule has 0 unspecified atom stereocenters. The van der Waals surface area contributed by atoms with Gasteiger partial charge in [-0.05, 0) is 93.4 Å². The monoisotopic (exact) mass is 549 g/mol. The summed E-state index contributed by atoms with van der Waals surface area (Å²) in [5.74, 6) is -0.156. The third kappa shape index (κ3) is 10.5. The van der Waals surface area contributed by atoms with Gasteiger partial charge in [-0.1, -0.05) is 0 Å². The molecule has 11 heteroatoms. The molecule has 1 saturated heterocycles. The number of carbonyl (C=O) groups excluding carboxylic acids is 4. The molecule has 0 aliphatic carbocycles. The van der Waals surface area contributed by atoms with E-state index in [2.05, 4.69) is 4.98 Å². The van der Waals surface area contributed by atoms with Gasteiger partial charge in [-0.15, -0.1) is 0 Å². The second-order valence-electron chi connectivity index (χ2n) is 12.7. The van der Waals surface area contributed by atoms with Crippen LogP contribution in [0.4, 0.5) is 20.2 Å². The minimum absolute atomic E-state index is 0.0563. The Balaban J connectivity index is 2.39. The molecule has 0 saturated carbocycles. The van der Waals surface area contributed by atoms with Crippen molar-refractivity contribution in [3.8, 4) is 0 Å². The molecule has 218 valence electrons. The van der Waals surface area contributed by atoms with E-state index in [-0.39, 0.29) is 24.9 Å². The Morgan fingerprint density at radius 2 is 1.46 bits per heavy atom. The minimum atomic E-state index is -0.912. The van der Waals surface area contributed by atoms with Crippen molar-refractivity contribution < 1.29 is 38.1 Å². The lowest BCUT2D eigenvalue weighted by molar-refractivity contribution is -0.114. The van der Waals surface area contributed by atoms with E-state index in [1.165, 1.54) is 0 Å². The topological polar surface area (TPSA) is 125 Å². The average molecular weight is 550 g/mol. The molecule has 0 aromatic carbocycles. The Labute approximate surface area is 231 Å². The molecule has 2 rings (SSSR count). The number of carbonyl (C=O) groups is 4. The van der Waals surface area contributed by atoms with E-state index in [1.807, 2.05) is 13.0 Å². The zero-order valence-corrected chi connectivity index (χ0v) is 24.8. The van der Waals surface area contributed by atoms with Gasteiger partial charge >= 0.3 is 18.3 Å². The Bertz CT molecular complexity index is 1020. The molecule has 0 radical (unpaired) electrons. The Morgan fingerprint density at radius 3 is 1.95 bits per heavy atom. The number of rotatable bonds is 6. The van der Waals surface area contributed by atoms with Crippen molar-refractivity contribution >= 4 is 30.4 Å². The quantitative estimate of drug-likeness (QED) is 0.354. The largest absolute Gasteiger partial charge is 0.444 e. The van der Waals surface area contributed by atoms with E-state index in [1.54, 1.807) is 73.3 Å². The van der Waals surface area contributed by atoms with Crippen LogP contribution in [0.5, 0.6) is 0 Å². The smallest absolute Gasteiger partial charge is 0.425 e. The molecule has 39 heavy (non-hydrogen) atoms. The van der Waals surface area contributed by atoms with Crippen molar-refractivity contribution in [2.24, 2.45) is 5.92 Å². The van der Waals surface area contributed by atoms with Gasteiger partial charge in [0.05, 0.1) is 12.6 Å². The fraction of sp³-hybridized carbons (Fsp3) is 0.679. The van der Waals surface area contributed by atoms with E-state index < -0.39 is 41.2 Å². The molecule has 0 N–H and O–H groups in total. The van der Waals surface area contributed by atoms with Crippen molar-refractivity contribution in [3.63, 3.8) is 0 Å². The summed E-state index contributed by atoms with van der Waals surface area (Å²) < 4.78 is 22.2. The van der Waals surface area contributed by atoms with Crippen LogP contribution < -0.4 is 4.90 Å². The van der Waals surface area contributed by atoms with E-state index in [0.29, 0.717) is 24.9 Å². The summed E-state index contributed by atoms with van der Waals surface area (Å²) in [6.07, 6.45) is -1.70. The Morgan fingerprint density at radius 1 is 0.923 bits per heavy atom. The maximum atomic E-state index is 13.1. The van der Waals surface area contributed by atoms with Gasteiger partial charge in [0.1, 0.15) is 35.5 Å². The molecule has 1 aromatic heterocycles. The van der Waals surface area contributed by atoms with Crippen LogP contribution >= 0.6 is 0 Å². The Kier molecular flexibility index (Phi) is 10.1. The average Bonchev–Trinajstić information content (AvgIpc) is 3.10. The number of anilines is 1. The third-order valence-corrected chi connectivity index (χ3v) is 5.27. The molecule has 3 amide bonds. The second kappa shape index (κ2) is 12.3. The molecular weight excluding hydrogens is 506 g/mol. The minimum Gasteiger partial charge on any atom is -0.444 e. The van der Waals surface area contributed by atoms with Gasteiger partial charge in [0.2, 0.25) is 0 Å². The molecule has 1 aliphatic heterocycles. The maximum Gasteiger partial charge on any atom is 0.425 e. The summed E-state index contributed by atoms with van der Waals surface area (Å²) >= 11 is 0. The summed E-state index contributed by atoms with van der Waals surface area (Å²) in [6, 6.07) is 3.43. The zero-order chi connectivity index (χ0) is 29.8. The van der Waals surface area contributed by atoms with Crippen LogP contribution in [0.15, 0.2) is 12.1 Å². The summed E-state index contributed by atoms with van der Waals surface area (Å²) in [6.45, 7) is 17.8. The molecular formula is C28H43N3O8. The first kappa shape index (κ1) is 32.0. The number of nitrogens with zero attached hydrogens (tertiary/aromatic N) is 3. The number of aldehydes is 1. The van der Waals surface area contributed by atoms with Crippen molar-refractivity contribution in [2.45, 2.75) is 98.6 Å². The molecule has 2 heterocycles. The highest BCUT2D eigenvalue weighted by molar-refractivity contribution is 6.08. The first-order chi connectivity index (χ1) is 17.8. The van der Waals surface area contributed by atoms with Crippen molar-refractivity contribution in [2.75, 3.05) is 24.6 Å². The SMILES string of the molecule is Cc1cc(C[C@H]2CN(C(=O)OC(C)(C)C)C[C@H]2OCC=O)nc(N(C(=O)OC(C)(C)C)C(=O)OC(C)(C)C)c1. The number of aryl methyl sites for hydroxylation is 1. The van der Waals surface area contributed by atoms with Crippen molar-refractivity contribution in [1.82, 2.24) is 9.88 Å². The number of likely N-dealkylation sites (tertiary alicyclic amines) is 1. The number of pyridine rings is 1. The van der Waals surface area contributed by atoms with E-state index in [9.17, 15) is 19.2 Å². The molecule has 1 fully saturated rings. The first-order valence-electron chi connectivity index (χ1n) is 13.0. The van der Waals surface area contributed by atoms with Gasteiger partial charge < -0.3 is 28.6 Å². The fourth-order valence-corrected chi connectivity index (χ4v) is 3.95. The normalized spacial score (nSPS) is 17.9. The summed E-state index contributed by atoms with van der Waals surface area (Å²) in [5.41, 5.74) is -1.06. The van der Waals surface area contributed by atoms with Crippen LogP contribution in [0.3, 0.4) is 0 Å². The molecule has 0 spiro atoms. The van der Waals surface area contributed by atoms with Crippen LogP contribution in [0.2, 0.25) is 0 Å². The maximum absolute atomic E-state index is 13.1. The molecule has 1 aliphatic rings. The van der Waals surface area contributed by atoms with E-state index in [0.717, 1.165) is 10.5 Å². The number of hydrogen-bond acceptors (Lipinski definition) is 9. The number of hydrogen-bond donors (Lipinski definition) is 0. The third-order valence-electron chi connectivity index (χ3n) is 5.27. The Hall–Kier alpha value is -3.21. The van der Waals surface area contributed by atoms with Gasteiger partial charge in [0.15, 0.2) is 0 Å². The highest BCUT2D eigenvalue weighted by Gasteiger charge is 2.39. The molecule has 1 aromatic rings. The first-order valence-corrected chi connectivity index (χ1v) is 13.0. The van der Waals surface area contributed by atoms with Crippen molar-refractivity contribution in [1.29, 1.82) is 0 Å². The van der Waals surface area contributed by atoms with Crippen LogP contribution in [0.25, 0.3) is 0 Å². The van der Waals surface area contributed by atoms with Crippen LogP contribution in [-0.2, 0) is 30.2 Å². The number of ether oxygens (including phenoxy) is 4. The molecule has 0 bridgehead atoms. The molecule has 11 nitrogen and oxygen atoms in total. The van der Waals surface area contributed by atoms with Gasteiger partial charge in [-0.2, -0.15) is 4.90 Å². The van der Waals surface area contributed by atoms with Gasteiger partial charge in [0.25, 0.3) is 0 Å². The lowest BCUT2D eigenvalue weighted by atomic mass is 9.99. The van der Waals surface area contributed by atoms with Crippen LogP contribution in [0, 0.1) is 12.8 Å². The lowest BCUT2D eigenvalue weighted by Gasteiger charge is -2.28. The second-order valence-corrected chi connectivity index (χ2v) is 12.7. The zero-order valence-electron chi connectivity index (χ0n) is 24.8. The van der Waals surface area contributed by atoms with Gasteiger partial charge in [-0.3, -0.25) is 0 Å². The summed E-state index contributed by atoms with van der Waals surface area (Å²) in [4.78, 5) is 56.9. The van der Waals surface area contributed by atoms with Crippen LogP contribution in [-0.4, -0.2) is 77.1 Å². The van der Waals surface area contributed by atoms with Gasteiger partial charge in [0, 0.05) is 18.2 Å². The van der Waals surface area contributed by atoms with E-state index >= 15 is 0 Å². The van der Waals surface area contributed by atoms with Crippen molar-refractivity contribution in [3.05, 3.63) is 23.4 Å². The lowest BCUT2D eigenvalue weighted by Crippen LogP contribution is -2.44. The number of aromatic nitrogens is 1. The highest BCUT2D eigenvalue weighted by atomic mass is 16.6. The summed E-state index contributed by atoms with van der Waals surface area (Å²) in [5, 5.41) is 0. The predicted octanol–water partition coefficient (Wildman–Crippen LogP) is 5.06. The number of amides is 3. The van der Waals surface area contributed by atoms with E-state index in [4.69, 9.17) is 18.9 Å². The van der Waals surface area contributed by atoms with Crippen LogP contribution in [0.1, 0.15) is 73.6 Å².